The van der Waals surface area contributed by atoms with Crippen LogP contribution in [0.4, 0.5) is 4.79 Å². The molecule has 0 saturated heterocycles. The Labute approximate surface area is 105 Å². The summed E-state index contributed by atoms with van der Waals surface area (Å²) in [5, 5.41) is 18.7. The van der Waals surface area contributed by atoms with E-state index in [0.29, 0.717) is 19.6 Å². The van der Waals surface area contributed by atoms with Gasteiger partial charge < -0.3 is 15.3 Å². The number of carboxylic acid groups (broad SMARTS) is 1. The molecule has 0 aliphatic carbocycles. The summed E-state index contributed by atoms with van der Waals surface area (Å²) in [6.07, 6.45) is 3.21. The maximum atomic E-state index is 11.7. The Morgan fingerprint density at radius 3 is 2.83 bits per heavy atom. The van der Waals surface area contributed by atoms with Crippen molar-refractivity contribution in [1.82, 2.24) is 25.2 Å². The molecule has 1 aromatic rings. The molecule has 100 valence electrons. The van der Waals surface area contributed by atoms with E-state index in [1.807, 2.05) is 0 Å². The Hall–Kier alpha value is -2.12. The first kappa shape index (κ1) is 13.9. The van der Waals surface area contributed by atoms with E-state index in [1.165, 1.54) is 4.90 Å². The molecule has 0 aliphatic rings. The van der Waals surface area contributed by atoms with Crippen LogP contribution in [0, 0.1) is 0 Å². The van der Waals surface area contributed by atoms with E-state index < -0.39 is 5.97 Å². The van der Waals surface area contributed by atoms with Gasteiger partial charge in [-0.3, -0.25) is 9.48 Å². The molecule has 0 aromatic carbocycles. The number of carboxylic acids is 1. The highest BCUT2D eigenvalue weighted by Gasteiger charge is 2.11. The third kappa shape index (κ3) is 4.81. The lowest BCUT2D eigenvalue weighted by Gasteiger charge is -2.20. The molecule has 1 heterocycles. The maximum Gasteiger partial charge on any atom is 0.317 e. The molecule has 8 nitrogen and oxygen atoms in total. The lowest BCUT2D eigenvalue weighted by molar-refractivity contribution is -0.137. The molecular formula is C10H17N5O3. The van der Waals surface area contributed by atoms with Gasteiger partial charge in [-0.15, -0.1) is 5.10 Å². The fourth-order valence-electron chi connectivity index (χ4n) is 1.38. The van der Waals surface area contributed by atoms with Crippen LogP contribution in [0.1, 0.15) is 13.3 Å². The molecule has 18 heavy (non-hydrogen) atoms. The number of carbonyl (C=O) groups is 2. The first-order chi connectivity index (χ1) is 8.63. The van der Waals surface area contributed by atoms with Crippen LogP contribution < -0.4 is 5.32 Å². The van der Waals surface area contributed by atoms with Crippen molar-refractivity contribution < 1.29 is 14.7 Å². The lowest BCUT2D eigenvalue weighted by atomic mass is 10.4. The van der Waals surface area contributed by atoms with Crippen molar-refractivity contribution in [2.75, 3.05) is 19.6 Å². The van der Waals surface area contributed by atoms with E-state index in [2.05, 4.69) is 15.6 Å². The average Bonchev–Trinajstić information content (AvgIpc) is 2.82. The van der Waals surface area contributed by atoms with Crippen LogP contribution in [-0.4, -0.2) is 56.6 Å². The van der Waals surface area contributed by atoms with E-state index in [1.54, 1.807) is 24.0 Å². The first-order valence-corrected chi connectivity index (χ1v) is 5.72. The fraction of sp³-hybridized carbons (Fsp3) is 0.600. The number of urea groups is 1. The molecule has 0 atom stereocenters. The molecule has 0 saturated carbocycles. The predicted molar refractivity (Wildman–Crippen MR) is 62.9 cm³/mol. The molecule has 0 fully saturated rings. The van der Waals surface area contributed by atoms with Crippen molar-refractivity contribution in [1.29, 1.82) is 0 Å². The van der Waals surface area contributed by atoms with Crippen LogP contribution >= 0.6 is 0 Å². The third-order valence-electron chi connectivity index (χ3n) is 2.35. The number of amides is 2. The first-order valence-electron chi connectivity index (χ1n) is 5.72. The lowest BCUT2D eigenvalue weighted by Crippen LogP contribution is -2.42. The summed E-state index contributed by atoms with van der Waals surface area (Å²) >= 11 is 0. The van der Waals surface area contributed by atoms with Crippen LogP contribution in [-0.2, 0) is 11.3 Å². The zero-order valence-corrected chi connectivity index (χ0v) is 10.2. The largest absolute Gasteiger partial charge is 0.481 e. The van der Waals surface area contributed by atoms with Crippen molar-refractivity contribution in [3.8, 4) is 0 Å². The molecule has 0 radical (unpaired) electrons. The molecule has 2 amide bonds. The predicted octanol–water partition coefficient (Wildman–Crippen LogP) is -0.216. The Kier molecular flexibility index (Phi) is 5.62. The average molecular weight is 255 g/mol. The van der Waals surface area contributed by atoms with Gasteiger partial charge in [-0.2, -0.15) is 0 Å². The second-order valence-corrected chi connectivity index (χ2v) is 3.62. The highest BCUT2D eigenvalue weighted by molar-refractivity contribution is 5.75. The zero-order chi connectivity index (χ0) is 13.4. The third-order valence-corrected chi connectivity index (χ3v) is 2.35. The molecule has 8 heteroatoms. The van der Waals surface area contributed by atoms with E-state index in [-0.39, 0.29) is 19.0 Å². The van der Waals surface area contributed by atoms with Gasteiger partial charge in [0.1, 0.15) is 0 Å². The van der Waals surface area contributed by atoms with Crippen molar-refractivity contribution in [3.63, 3.8) is 0 Å². The van der Waals surface area contributed by atoms with E-state index >= 15 is 0 Å². The molecule has 1 aromatic heterocycles. The summed E-state index contributed by atoms with van der Waals surface area (Å²) in [6.45, 7) is 3.44. The number of nitrogens with one attached hydrogen (secondary N) is 1. The topological polar surface area (TPSA) is 100 Å². The Balaban J connectivity index is 2.26. The van der Waals surface area contributed by atoms with E-state index in [9.17, 15) is 9.59 Å². The van der Waals surface area contributed by atoms with Gasteiger partial charge in [-0.1, -0.05) is 5.21 Å². The number of hydrogen-bond donors (Lipinski definition) is 2. The smallest absolute Gasteiger partial charge is 0.317 e. The van der Waals surface area contributed by atoms with Gasteiger partial charge in [0.25, 0.3) is 0 Å². The van der Waals surface area contributed by atoms with Crippen LogP contribution in [0.25, 0.3) is 0 Å². The quantitative estimate of drug-likeness (QED) is 0.701. The van der Waals surface area contributed by atoms with Gasteiger partial charge in [0.15, 0.2) is 0 Å². The van der Waals surface area contributed by atoms with Gasteiger partial charge in [0, 0.05) is 25.8 Å². The van der Waals surface area contributed by atoms with Gasteiger partial charge in [-0.05, 0) is 6.92 Å². The monoisotopic (exact) mass is 255 g/mol. The number of aliphatic carboxylic acids is 1. The van der Waals surface area contributed by atoms with Crippen molar-refractivity contribution in [2.24, 2.45) is 0 Å². The zero-order valence-electron chi connectivity index (χ0n) is 10.2. The maximum absolute atomic E-state index is 11.7. The van der Waals surface area contributed by atoms with Gasteiger partial charge in [-0.25, -0.2) is 4.79 Å². The fourth-order valence-corrected chi connectivity index (χ4v) is 1.38. The van der Waals surface area contributed by atoms with Crippen molar-refractivity contribution >= 4 is 12.0 Å². The van der Waals surface area contributed by atoms with E-state index in [0.717, 1.165) is 0 Å². The molecule has 0 unspecified atom stereocenters. The summed E-state index contributed by atoms with van der Waals surface area (Å²) in [5.74, 6) is -0.913. The second-order valence-electron chi connectivity index (χ2n) is 3.62. The molecule has 1 rings (SSSR count). The molecule has 2 N–H and O–H groups in total. The van der Waals surface area contributed by atoms with Crippen LogP contribution in [0.2, 0.25) is 0 Å². The minimum Gasteiger partial charge on any atom is -0.481 e. The summed E-state index contributed by atoms with van der Waals surface area (Å²) in [4.78, 5) is 23.6. The van der Waals surface area contributed by atoms with Crippen LogP contribution in [0.5, 0.6) is 0 Å². The molecular weight excluding hydrogens is 238 g/mol. The van der Waals surface area contributed by atoms with Crippen molar-refractivity contribution in [2.45, 2.75) is 19.9 Å². The number of aromatic nitrogens is 3. The summed E-state index contributed by atoms with van der Waals surface area (Å²) in [6, 6.07) is -0.265. The number of carbonyl (C=O) groups excluding carboxylic acids is 1. The Morgan fingerprint density at radius 1 is 1.50 bits per heavy atom. The number of nitrogens with zero attached hydrogens (tertiary/aromatic N) is 4. The minimum atomic E-state index is -0.913. The summed E-state index contributed by atoms with van der Waals surface area (Å²) in [5.41, 5.74) is 0. The number of rotatable bonds is 7. The van der Waals surface area contributed by atoms with Gasteiger partial charge >= 0.3 is 12.0 Å². The molecule has 0 aliphatic heterocycles. The van der Waals surface area contributed by atoms with Crippen LogP contribution in [0.3, 0.4) is 0 Å². The molecule has 0 bridgehead atoms. The summed E-state index contributed by atoms with van der Waals surface area (Å²) < 4.78 is 1.60. The van der Waals surface area contributed by atoms with Gasteiger partial charge in [0.05, 0.1) is 19.2 Å². The standard InChI is InChI=1S/C10H17N5O3/c1-2-14(6-3-9(16)17)10(18)11-4-7-15-8-5-12-13-15/h5,8H,2-4,6-7H2,1H3,(H,11,18)(H,16,17). The van der Waals surface area contributed by atoms with Gasteiger partial charge in [0.2, 0.25) is 0 Å². The second kappa shape index (κ2) is 7.25. The Morgan fingerprint density at radius 2 is 2.28 bits per heavy atom. The van der Waals surface area contributed by atoms with Crippen LogP contribution in [0.15, 0.2) is 12.4 Å². The highest BCUT2D eigenvalue weighted by Crippen LogP contribution is 1.93. The highest BCUT2D eigenvalue weighted by atomic mass is 16.4. The van der Waals surface area contributed by atoms with E-state index in [4.69, 9.17) is 5.11 Å². The Bertz CT molecular complexity index is 379. The molecule has 0 spiro atoms. The SMILES string of the molecule is CCN(CCC(=O)O)C(=O)NCCn1ccnn1. The normalized spacial score (nSPS) is 10.1. The summed E-state index contributed by atoms with van der Waals surface area (Å²) in [7, 11) is 0. The minimum absolute atomic E-state index is 0.0513. The number of hydrogen-bond acceptors (Lipinski definition) is 4. The van der Waals surface area contributed by atoms with Crippen molar-refractivity contribution in [3.05, 3.63) is 12.4 Å².